The van der Waals surface area contributed by atoms with Gasteiger partial charge in [0.1, 0.15) is 18.0 Å². The Bertz CT molecular complexity index is 453. The Morgan fingerprint density at radius 3 is 2.42 bits per heavy atom. The van der Waals surface area contributed by atoms with E-state index in [2.05, 4.69) is 0 Å². The molecular formula is C11H13NO6S. The number of non-ortho nitro benzene ring substituents is 1. The van der Waals surface area contributed by atoms with E-state index < -0.39 is 28.7 Å². The zero-order valence-electron chi connectivity index (χ0n) is 9.75. The number of thioether (sulfide) groups is 1. The molecule has 0 spiro atoms. The van der Waals surface area contributed by atoms with Crippen molar-refractivity contribution < 1.29 is 25.0 Å². The second-order valence-electron chi connectivity index (χ2n) is 4.12. The molecule has 1 saturated heterocycles. The van der Waals surface area contributed by atoms with Crippen LogP contribution in [0.25, 0.3) is 0 Å². The van der Waals surface area contributed by atoms with Crippen molar-refractivity contribution in [3.63, 3.8) is 0 Å². The van der Waals surface area contributed by atoms with Gasteiger partial charge < -0.3 is 20.1 Å². The van der Waals surface area contributed by atoms with Crippen molar-refractivity contribution in [2.24, 2.45) is 0 Å². The third-order valence-electron chi connectivity index (χ3n) is 2.75. The Balaban J connectivity index is 2.03. The molecular weight excluding hydrogens is 274 g/mol. The van der Waals surface area contributed by atoms with E-state index in [9.17, 15) is 25.4 Å². The summed E-state index contributed by atoms with van der Waals surface area (Å²) in [5, 5.41) is 39.1. The molecule has 1 heterocycles. The van der Waals surface area contributed by atoms with E-state index in [1.807, 2.05) is 0 Å². The molecule has 1 aliphatic heterocycles. The van der Waals surface area contributed by atoms with E-state index >= 15 is 0 Å². The molecule has 0 radical (unpaired) electrons. The quantitative estimate of drug-likeness (QED) is 0.535. The smallest absolute Gasteiger partial charge is 0.269 e. The van der Waals surface area contributed by atoms with Crippen LogP contribution in [0.5, 0.6) is 5.75 Å². The lowest BCUT2D eigenvalue weighted by Crippen LogP contribution is -2.50. The second kappa shape index (κ2) is 5.74. The van der Waals surface area contributed by atoms with Gasteiger partial charge >= 0.3 is 0 Å². The molecule has 1 fully saturated rings. The number of ether oxygens (including phenoxy) is 1. The predicted molar refractivity (Wildman–Crippen MR) is 68.0 cm³/mol. The summed E-state index contributed by atoms with van der Waals surface area (Å²) < 4.78 is 5.44. The zero-order chi connectivity index (χ0) is 14.0. The topological polar surface area (TPSA) is 113 Å². The molecule has 0 unspecified atom stereocenters. The third kappa shape index (κ3) is 3.16. The van der Waals surface area contributed by atoms with Crippen molar-refractivity contribution in [1.29, 1.82) is 0 Å². The van der Waals surface area contributed by atoms with E-state index in [0.717, 1.165) is 0 Å². The molecule has 8 heteroatoms. The first-order chi connectivity index (χ1) is 8.99. The number of nitro benzene ring substituents is 1. The average Bonchev–Trinajstić information content (AvgIpc) is 2.40. The molecule has 0 bridgehead atoms. The summed E-state index contributed by atoms with van der Waals surface area (Å²) in [6.45, 7) is 0. The van der Waals surface area contributed by atoms with Crippen LogP contribution in [0, 0.1) is 10.1 Å². The molecule has 1 aliphatic rings. The van der Waals surface area contributed by atoms with Gasteiger partial charge in [-0.2, -0.15) is 0 Å². The maximum Gasteiger partial charge on any atom is 0.269 e. The summed E-state index contributed by atoms with van der Waals surface area (Å²) in [6.07, 6.45) is -3.47. The highest BCUT2D eigenvalue weighted by Gasteiger charge is 2.38. The molecule has 0 saturated carbocycles. The highest BCUT2D eigenvalue weighted by molar-refractivity contribution is 7.99. The summed E-state index contributed by atoms with van der Waals surface area (Å²) in [5.74, 6) is 0.598. The van der Waals surface area contributed by atoms with E-state index in [-0.39, 0.29) is 11.4 Å². The molecule has 0 aliphatic carbocycles. The summed E-state index contributed by atoms with van der Waals surface area (Å²) in [7, 11) is 0. The minimum absolute atomic E-state index is 0.0559. The lowest BCUT2D eigenvalue weighted by atomic mass is 10.1. The number of benzene rings is 1. The Hall–Kier alpha value is -1.35. The van der Waals surface area contributed by atoms with Crippen LogP contribution < -0.4 is 4.74 Å². The average molecular weight is 287 g/mol. The van der Waals surface area contributed by atoms with Crippen LogP contribution in [0.1, 0.15) is 0 Å². The first-order valence-electron chi connectivity index (χ1n) is 5.56. The molecule has 1 aromatic carbocycles. The minimum atomic E-state index is -1.26. The van der Waals surface area contributed by atoms with Crippen molar-refractivity contribution in [2.75, 3.05) is 5.75 Å². The molecule has 4 atom stereocenters. The number of rotatable bonds is 3. The van der Waals surface area contributed by atoms with E-state index in [0.29, 0.717) is 5.75 Å². The Labute approximate surface area is 113 Å². The van der Waals surface area contributed by atoms with Gasteiger partial charge in [0.2, 0.25) is 0 Å². The van der Waals surface area contributed by atoms with Gasteiger partial charge in [-0.25, -0.2) is 0 Å². The van der Waals surface area contributed by atoms with Crippen molar-refractivity contribution in [3.8, 4) is 5.75 Å². The number of hydrogen-bond acceptors (Lipinski definition) is 7. The van der Waals surface area contributed by atoms with Crippen molar-refractivity contribution >= 4 is 17.4 Å². The molecule has 3 N–H and O–H groups in total. The summed E-state index contributed by atoms with van der Waals surface area (Å²) in [5.41, 5.74) is -0.778. The first kappa shape index (κ1) is 14.1. The Morgan fingerprint density at radius 1 is 1.21 bits per heavy atom. The fourth-order valence-corrected chi connectivity index (χ4v) is 2.78. The lowest BCUT2D eigenvalue weighted by molar-refractivity contribution is -0.384. The Morgan fingerprint density at radius 2 is 1.84 bits per heavy atom. The maximum atomic E-state index is 10.5. The van der Waals surface area contributed by atoms with Crippen LogP contribution in [0.3, 0.4) is 0 Å². The zero-order valence-corrected chi connectivity index (χ0v) is 10.6. The molecule has 0 aromatic heterocycles. The Kier molecular flexibility index (Phi) is 4.25. The fraction of sp³-hybridized carbons (Fsp3) is 0.455. The van der Waals surface area contributed by atoms with Gasteiger partial charge in [0.05, 0.1) is 11.0 Å². The van der Waals surface area contributed by atoms with Gasteiger partial charge in [0.15, 0.2) is 5.44 Å². The van der Waals surface area contributed by atoms with Gasteiger partial charge in [-0.3, -0.25) is 10.1 Å². The maximum absolute atomic E-state index is 10.5. The van der Waals surface area contributed by atoms with E-state index in [4.69, 9.17) is 4.74 Å². The summed E-state index contributed by atoms with van der Waals surface area (Å²) in [6, 6.07) is 5.42. The predicted octanol–water partition coefficient (Wildman–Crippen LogP) is 0.129. The number of nitro groups is 1. The largest absolute Gasteiger partial charge is 0.477 e. The van der Waals surface area contributed by atoms with E-state index in [1.165, 1.54) is 36.0 Å². The standard InChI is InChI=1S/C11H13NO6S/c13-8-5-19-11(10(15)9(8)14)18-7-3-1-6(2-4-7)12(16)17/h1-4,8-11,13-15H,5H2/t8-,9+,10-,11+/m1/s1. The van der Waals surface area contributed by atoms with Crippen LogP contribution in [0.4, 0.5) is 5.69 Å². The second-order valence-corrected chi connectivity index (χ2v) is 5.25. The highest BCUT2D eigenvalue weighted by Crippen LogP contribution is 2.29. The fourth-order valence-electron chi connectivity index (χ4n) is 1.66. The molecule has 104 valence electrons. The number of nitrogens with zero attached hydrogens (tertiary/aromatic N) is 1. The SMILES string of the molecule is O=[N+]([O-])c1ccc(O[C@H]2SC[C@@H](O)[C@H](O)[C@H]2O)cc1. The normalized spacial score (nSPS) is 30.9. The van der Waals surface area contributed by atoms with Gasteiger partial charge in [-0.1, -0.05) is 0 Å². The van der Waals surface area contributed by atoms with Gasteiger partial charge in [-0.15, -0.1) is 11.8 Å². The van der Waals surface area contributed by atoms with Crippen LogP contribution in [-0.4, -0.2) is 49.7 Å². The summed E-state index contributed by atoms with van der Waals surface area (Å²) >= 11 is 1.17. The van der Waals surface area contributed by atoms with Gasteiger partial charge in [0.25, 0.3) is 5.69 Å². The highest BCUT2D eigenvalue weighted by atomic mass is 32.2. The molecule has 0 amide bonds. The van der Waals surface area contributed by atoms with Gasteiger partial charge in [0, 0.05) is 17.9 Å². The van der Waals surface area contributed by atoms with Crippen LogP contribution in [0.15, 0.2) is 24.3 Å². The van der Waals surface area contributed by atoms with Gasteiger partial charge in [-0.05, 0) is 12.1 Å². The monoisotopic (exact) mass is 287 g/mol. The third-order valence-corrected chi connectivity index (χ3v) is 3.99. The van der Waals surface area contributed by atoms with Crippen molar-refractivity contribution in [1.82, 2.24) is 0 Å². The molecule has 2 rings (SSSR count). The lowest BCUT2D eigenvalue weighted by Gasteiger charge is -2.34. The van der Waals surface area contributed by atoms with E-state index in [1.54, 1.807) is 0 Å². The summed E-state index contributed by atoms with van der Waals surface area (Å²) in [4.78, 5) is 9.97. The van der Waals surface area contributed by atoms with Crippen LogP contribution >= 0.6 is 11.8 Å². The number of aliphatic hydroxyl groups is 3. The minimum Gasteiger partial charge on any atom is -0.477 e. The van der Waals surface area contributed by atoms with Crippen molar-refractivity contribution in [2.45, 2.75) is 23.7 Å². The molecule has 1 aromatic rings. The molecule has 19 heavy (non-hydrogen) atoms. The van der Waals surface area contributed by atoms with Crippen molar-refractivity contribution in [3.05, 3.63) is 34.4 Å². The number of aliphatic hydroxyl groups excluding tert-OH is 3. The van der Waals surface area contributed by atoms with Crippen LogP contribution in [-0.2, 0) is 0 Å². The molecule has 7 nitrogen and oxygen atoms in total. The first-order valence-corrected chi connectivity index (χ1v) is 6.61. The number of hydrogen-bond donors (Lipinski definition) is 3. The van der Waals surface area contributed by atoms with Crippen LogP contribution in [0.2, 0.25) is 0 Å².